The second kappa shape index (κ2) is 4.98. The van der Waals surface area contributed by atoms with Crippen LogP contribution in [0, 0.1) is 0 Å². The van der Waals surface area contributed by atoms with Gasteiger partial charge in [-0.2, -0.15) is 11.3 Å². The molecule has 2 aliphatic rings. The van der Waals surface area contributed by atoms with Gasteiger partial charge in [0.25, 0.3) is 0 Å². The van der Waals surface area contributed by atoms with Crippen molar-refractivity contribution in [2.45, 2.75) is 31.5 Å². The van der Waals surface area contributed by atoms with E-state index in [9.17, 15) is 4.79 Å². The molecule has 0 spiro atoms. The fourth-order valence-corrected chi connectivity index (χ4v) is 4.81. The Balaban J connectivity index is 1.55. The molecule has 0 bridgehead atoms. The Bertz CT molecular complexity index is 593. The molecular formula is C15H16N2OS2. The van der Waals surface area contributed by atoms with Crippen molar-refractivity contribution >= 4 is 34.3 Å². The second-order valence-corrected chi connectivity index (χ2v) is 7.23. The fourth-order valence-electron chi connectivity index (χ4n) is 3.46. The summed E-state index contributed by atoms with van der Waals surface area (Å²) in [6, 6.07) is 7.12. The van der Waals surface area contributed by atoms with Gasteiger partial charge in [-0.3, -0.25) is 9.69 Å². The normalized spacial score (nSPS) is 26.4. The lowest BCUT2D eigenvalue weighted by atomic mass is 10.1. The van der Waals surface area contributed by atoms with E-state index >= 15 is 0 Å². The highest BCUT2D eigenvalue weighted by molar-refractivity contribution is 7.09. The summed E-state index contributed by atoms with van der Waals surface area (Å²) in [6.45, 7) is 2.09. The van der Waals surface area contributed by atoms with Gasteiger partial charge in [0.15, 0.2) is 0 Å². The highest BCUT2D eigenvalue weighted by Gasteiger charge is 2.47. The van der Waals surface area contributed by atoms with Crippen molar-refractivity contribution in [1.82, 2.24) is 4.90 Å². The van der Waals surface area contributed by atoms with Crippen molar-refractivity contribution in [1.29, 1.82) is 0 Å². The minimum Gasteiger partial charge on any atom is -0.307 e. The Labute approximate surface area is 126 Å². The number of nitrogens with zero attached hydrogens (tertiary/aromatic N) is 2. The first-order valence-electron chi connectivity index (χ1n) is 6.93. The number of likely N-dealkylation sites (tertiary alicyclic amines) is 1. The number of fused-ring (bicyclic) bond motifs is 1. The number of carbonyl (C=O) groups is 1. The zero-order valence-electron chi connectivity index (χ0n) is 11.1. The van der Waals surface area contributed by atoms with Gasteiger partial charge in [-0.15, -0.1) is 11.3 Å². The Kier molecular flexibility index (Phi) is 3.13. The largest absolute Gasteiger partial charge is 0.307 e. The summed E-state index contributed by atoms with van der Waals surface area (Å²) in [5.74, 6) is 0.286. The summed E-state index contributed by atoms with van der Waals surface area (Å²) in [5.41, 5.74) is 1.09. The third kappa shape index (κ3) is 2.01. The van der Waals surface area contributed by atoms with Crippen molar-refractivity contribution in [3.05, 3.63) is 39.2 Å². The molecule has 2 aromatic heterocycles. The standard InChI is InChI=1S/C15H16N2OS2/c18-15-8-14-13(17(15)11-4-7-19-10-11)3-5-16(14)9-12-2-1-6-20-12/h1-2,4,6-7,10,13-14H,3,5,8-9H2/t13-,14+/m0/s1. The van der Waals surface area contributed by atoms with Crippen LogP contribution in [0.5, 0.6) is 0 Å². The summed E-state index contributed by atoms with van der Waals surface area (Å²) >= 11 is 3.47. The zero-order chi connectivity index (χ0) is 13.5. The number of amides is 1. The van der Waals surface area contributed by atoms with E-state index in [1.807, 2.05) is 10.3 Å². The zero-order valence-corrected chi connectivity index (χ0v) is 12.7. The number of carbonyl (C=O) groups excluding carboxylic acids is 1. The molecule has 1 amide bonds. The van der Waals surface area contributed by atoms with E-state index in [-0.39, 0.29) is 5.91 Å². The smallest absolute Gasteiger partial charge is 0.228 e. The summed E-state index contributed by atoms with van der Waals surface area (Å²) in [7, 11) is 0. The maximum atomic E-state index is 12.3. The summed E-state index contributed by atoms with van der Waals surface area (Å²) in [6.07, 6.45) is 1.77. The average Bonchev–Trinajstić information content (AvgIpc) is 3.16. The third-order valence-corrected chi connectivity index (χ3v) is 5.86. The maximum absolute atomic E-state index is 12.3. The average molecular weight is 304 g/mol. The Morgan fingerprint density at radius 3 is 2.95 bits per heavy atom. The Hall–Kier alpha value is -1.17. The van der Waals surface area contributed by atoms with E-state index in [0.717, 1.165) is 25.2 Å². The lowest BCUT2D eigenvalue weighted by Gasteiger charge is -2.24. The molecule has 20 heavy (non-hydrogen) atoms. The second-order valence-electron chi connectivity index (χ2n) is 5.42. The van der Waals surface area contributed by atoms with Crippen molar-refractivity contribution < 1.29 is 4.79 Å². The molecule has 0 aliphatic carbocycles. The molecule has 0 saturated carbocycles. The van der Waals surface area contributed by atoms with Crippen LogP contribution in [0.4, 0.5) is 5.69 Å². The SMILES string of the molecule is O=C1C[C@@H]2[C@H](CCN2Cc2cccs2)N1c1ccsc1. The monoisotopic (exact) mass is 304 g/mol. The van der Waals surface area contributed by atoms with Crippen LogP contribution >= 0.6 is 22.7 Å². The van der Waals surface area contributed by atoms with Gasteiger partial charge >= 0.3 is 0 Å². The lowest BCUT2D eigenvalue weighted by Crippen LogP contribution is -2.36. The molecule has 3 nitrogen and oxygen atoms in total. The van der Waals surface area contributed by atoms with Crippen molar-refractivity contribution in [2.75, 3.05) is 11.4 Å². The van der Waals surface area contributed by atoms with Crippen LogP contribution in [0.3, 0.4) is 0 Å². The first-order valence-corrected chi connectivity index (χ1v) is 8.76. The summed E-state index contributed by atoms with van der Waals surface area (Å²) in [4.78, 5) is 18.3. The van der Waals surface area contributed by atoms with E-state index in [2.05, 4.69) is 33.9 Å². The molecule has 104 valence electrons. The molecule has 0 N–H and O–H groups in total. The highest BCUT2D eigenvalue weighted by Crippen LogP contribution is 2.37. The first-order chi connectivity index (χ1) is 9.83. The predicted molar refractivity (Wildman–Crippen MR) is 83.3 cm³/mol. The predicted octanol–water partition coefficient (Wildman–Crippen LogP) is 3.19. The van der Waals surface area contributed by atoms with Crippen LogP contribution in [-0.4, -0.2) is 29.4 Å². The van der Waals surface area contributed by atoms with E-state index in [4.69, 9.17) is 0 Å². The molecule has 2 saturated heterocycles. The van der Waals surface area contributed by atoms with Crippen molar-refractivity contribution in [3.63, 3.8) is 0 Å². The number of hydrogen-bond acceptors (Lipinski definition) is 4. The minimum absolute atomic E-state index is 0.286. The molecule has 2 aliphatic heterocycles. The molecule has 4 rings (SSSR count). The van der Waals surface area contributed by atoms with Crippen LogP contribution in [0.15, 0.2) is 34.3 Å². The van der Waals surface area contributed by atoms with Gasteiger partial charge in [-0.05, 0) is 29.3 Å². The molecule has 5 heteroatoms. The molecule has 0 radical (unpaired) electrons. The first kappa shape index (κ1) is 12.6. The van der Waals surface area contributed by atoms with E-state index in [0.29, 0.717) is 18.5 Å². The maximum Gasteiger partial charge on any atom is 0.228 e. The van der Waals surface area contributed by atoms with E-state index < -0.39 is 0 Å². The van der Waals surface area contributed by atoms with Gasteiger partial charge < -0.3 is 4.90 Å². The molecule has 2 atom stereocenters. The van der Waals surface area contributed by atoms with Crippen LogP contribution in [0.1, 0.15) is 17.7 Å². The Morgan fingerprint density at radius 1 is 1.25 bits per heavy atom. The molecule has 4 heterocycles. The van der Waals surface area contributed by atoms with Crippen LogP contribution < -0.4 is 4.90 Å². The molecule has 0 aromatic carbocycles. The van der Waals surface area contributed by atoms with Gasteiger partial charge in [0.2, 0.25) is 5.91 Å². The van der Waals surface area contributed by atoms with E-state index in [1.54, 1.807) is 22.7 Å². The van der Waals surface area contributed by atoms with Crippen molar-refractivity contribution in [2.24, 2.45) is 0 Å². The molecule has 0 unspecified atom stereocenters. The van der Waals surface area contributed by atoms with Crippen LogP contribution in [0.2, 0.25) is 0 Å². The quantitative estimate of drug-likeness (QED) is 0.869. The Morgan fingerprint density at radius 2 is 2.20 bits per heavy atom. The van der Waals surface area contributed by atoms with Gasteiger partial charge in [-0.1, -0.05) is 6.07 Å². The number of hydrogen-bond donors (Lipinski definition) is 0. The van der Waals surface area contributed by atoms with Gasteiger partial charge in [0.1, 0.15) is 0 Å². The van der Waals surface area contributed by atoms with Gasteiger partial charge in [0.05, 0.1) is 11.7 Å². The molecule has 2 aromatic rings. The molecular weight excluding hydrogens is 288 g/mol. The minimum atomic E-state index is 0.286. The topological polar surface area (TPSA) is 23.6 Å². The van der Waals surface area contributed by atoms with Crippen molar-refractivity contribution in [3.8, 4) is 0 Å². The van der Waals surface area contributed by atoms with E-state index in [1.165, 1.54) is 4.88 Å². The van der Waals surface area contributed by atoms with Crippen LogP contribution in [0.25, 0.3) is 0 Å². The van der Waals surface area contributed by atoms with Gasteiger partial charge in [0, 0.05) is 35.8 Å². The number of thiophene rings is 2. The highest BCUT2D eigenvalue weighted by atomic mass is 32.1. The summed E-state index contributed by atoms with van der Waals surface area (Å²) < 4.78 is 0. The van der Waals surface area contributed by atoms with Gasteiger partial charge in [-0.25, -0.2) is 0 Å². The fraction of sp³-hybridized carbons (Fsp3) is 0.400. The van der Waals surface area contributed by atoms with Crippen LogP contribution in [-0.2, 0) is 11.3 Å². The third-order valence-electron chi connectivity index (χ3n) is 4.33. The lowest BCUT2D eigenvalue weighted by molar-refractivity contribution is -0.117. The number of anilines is 1. The molecule has 2 fully saturated rings. The summed E-state index contributed by atoms with van der Waals surface area (Å²) in [5, 5.41) is 6.26. The number of rotatable bonds is 3.